The number of rotatable bonds is 8. The van der Waals surface area contributed by atoms with Gasteiger partial charge in [0.25, 0.3) is 5.56 Å². The number of nitrogens with zero attached hydrogens (tertiary/aromatic N) is 4. The minimum absolute atomic E-state index is 0.277. The number of hydrogen-bond donors (Lipinski definition) is 2. The molecule has 122 valence electrons. The van der Waals surface area contributed by atoms with Crippen molar-refractivity contribution in [3.63, 3.8) is 0 Å². The maximum absolute atomic E-state index is 12.4. The highest BCUT2D eigenvalue weighted by Crippen LogP contribution is 2.02. The van der Waals surface area contributed by atoms with Gasteiger partial charge in [0.05, 0.1) is 6.33 Å². The Labute approximate surface area is 128 Å². The Balaban J connectivity index is 2.07. The van der Waals surface area contributed by atoms with Gasteiger partial charge in [-0.05, 0) is 38.9 Å². The van der Waals surface area contributed by atoms with E-state index in [2.05, 4.69) is 10.3 Å². The fraction of sp³-hybridized carbons (Fsp3) is 0.643. The van der Waals surface area contributed by atoms with Gasteiger partial charge in [-0.15, -0.1) is 0 Å². The van der Waals surface area contributed by atoms with Crippen LogP contribution in [0, 0.1) is 0 Å². The zero-order chi connectivity index (χ0) is 16.1. The number of aromatic nitrogens is 4. The van der Waals surface area contributed by atoms with Crippen LogP contribution in [0.15, 0.2) is 15.9 Å². The highest BCUT2D eigenvalue weighted by molar-refractivity contribution is 5.69. The summed E-state index contributed by atoms with van der Waals surface area (Å²) >= 11 is 0. The Morgan fingerprint density at radius 2 is 1.91 bits per heavy atom. The van der Waals surface area contributed by atoms with E-state index >= 15 is 0 Å². The van der Waals surface area contributed by atoms with E-state index < -0.39 is 0 Å². The second-order valence-electron chi connectivity index (χ2n) is 5.43. The van der Waals surface area contributed by atoms with E-state index in [9.17, 15) is 9.59 Å². The van der Waals surface area contributed by atoms with Crippen LogP contribution >= 0.6 is 0 Å². The van der Waals surface area contributed by atoms with Crippen molar-refractivity contribution in [1.29, 1.82) is 0 Å². The molecule has 0 unspecified atom stereocenters. The number of imidazole rings is 1. The van der Waals surface area contributed by atoms with Gasteiger partial charge in [0.2, 0.25) is 0 Å². The molecule has 0 radical (unpaired) electrons. The van der Waals surface area contributed by atoms with Gasteiger partial charge in [-0.2, -0.15) is 0 Å². The van der Waals surface area contributed by atoms with Crippen LogP contribution in [0.4, 0.5) is 0 Å². The van der Waals surface area contributed by atoms with E-state index in [1.807, 2.05) is 0 Å². The molecular formula is C14H24N6O2. The fourth-order valence-corrected chi connectivity index (χ4v) is 2.47. The van der Waals surface area contributed by atoms with Crippen molar-refractivity contribution in [2.75, 3.05) is 19.6 Å². The minimum atomic E-state index is -0.320. The molecule has 0 atom stereocenters. The van der Waals surface area contributed by atoms with Crippen LogP contribution in [0.3, 0.4) is 0 Å². The molecule has 0 aliphatic rings. The molecule has 2 rings (SSSR count). The van der Waals surface area contributed by atoms with Gasteiger partial charge >= 0.3 is 5.69 Å². The second kappa shape index (κ2) is 7.37. The van der Waals surface area contributed by atoms with Crippen molar-refractivity contribution in [1.82, 2.24) is 24.0 Å². The molecule has 0 aliphatic heterocycles. The zero-order valence-corrected chi connectivity index (χ0v) is 13.2. The quantitative estimate of drug-likeness (QED) is 0.619. The van der Waals surface area contributed by atoms with Crippen LogP contribution in [0.2, 0.25) is 0 Å². The lowest BCUT2D eigenvalue weighted by atomic mass is 10.3. The summed E-state index contributed by atoms with van der Waals surface area (Å²) in [5, 5.41) is 3.29. The lowest BCUT2D eigenvalue weighted by Crippen LogP contribution is -2.40. The summed E-state index contributed by atoms with van der Waals surface area (Å²) in [6, 6.07) is 0. The SMILES string of the molecule is Cn1cnc2c1c(=O)n(CCCNCCCCN)c(=O)n2C. The van der Waals surface area contributed by atoms with Crippen molar-refractivity contribution in [2.45, 2.75) is 25.8 Å². The number of aryl methyl sites for hydroxylation is 2. The number of fused-ring (bicyclic) bond motifs is 1. The van der Waals surface area contributed by atoms with Crippen molar-refractivity contribution in [3.8, 4) is 0 Å². The molecular weight excluding hydrogens is 284 g/mol. The maximum Gasteiger partial charge on any atom is 0.332 e. The lowest BCUT2D eigenvalue weighted by molar-refractivity contribution is 0.533. The van der Waals surface area contributed by atoms with Gasteiger partial charge < -0.3 is 15.6 Å². The summed E-state index contributed by atoms with van der Waals surface area (Å²) in [7, 11) is 3.39. The molecule has 2 aromatic rings. The van der Waals surface area contributed by atoms with E-state index in [0.29, 0.717) is 24.3 Å². The van der Waals surface area contributed by atoms with Crippen LogP contribution in [-0.4, -0.2) is 38.3 Å². The smallest absolute Gasteiger partial charge is 0.330 e. The molecule has 0 aliphatic carbocycles. The summed E-state index contributed by atoms with van der Waals surface area (Å²) in [6.07, 6.45) is 4.32. The van der Waals surface area contributed by atoms with E-state index in [4.69, 9.17) is 5.73 Å². The topological polar surface area (TPSA) is 99.9 Å². The summed E-state index contributed by atoms with van der Waals surface area (Å²) in [5.41, 5.74) is 5.72. The van der Waals surface area contributed by atoms with Gasteiger partial charge in [0, 0.05) is 20.6 Å². The van der Waals surface area contributed by atoms with Crippen molar-refractivity contribution < 1.29 is 0 Å². The lowest BCUT2D eigenvalue weighted by Gasteiger charge is -2.09. The van der Waals surface area contributed by atoms with Crippen molar-refractivity contribution in [2.24, 2.45) is 19.8 Å². The first-order valence-corrected chi connectivity index (χ1v) is 7.59. The van der Waals surface area contributed by atoms with Crippen molar-refractivity contribution >= 4 is 11.2 Å². The van der Waals surface area contributed by atoms with E-state index in [-0.39, 0.29) is 11.2 Å². The standard InChI is InChI=1S/C14H24N6O2/c1-18-10-17-12-11(18)13(21)20(14(22)19(12)2)9-5-8-16-7-4-3-6-15/h10,16H,3-9,15H2,1-2H3. The van der Waals surface area contributed by atoms with Crippen LogP contribution < -0.4 is 22.3 Å². The largest absolute Gasteiger partial charge is 0.332 e. The Bertz CT molecular complexity index is 742. The van der Waals surface area contributed by atoms with E-state index in [0.717, 1.165) is 32.4 Å². The molecule has 0 bridgehead atoms. The number of hydrogen-bond acceptors (Lipinski definition) is 5. The third-order valence-electron chi connectivity index (χ3n) is 3.74. The van der Waals surface area contributed by atoms with Gasteiger partial charge in [-0.1, -0.05) is 0 Å². The van der Waals surface area contributed by atoms with Crippen LogP contribution in [-0.2, 0) is 20.6 Å². The Hall–Kier alpha value is -1.93. The molecule has 3 N–H and O–H groups in total. The molecule has 8 nitrogen and oxygen atoms in total. The summed E-state index contributed by atoms with van der Waals surface area (Å²) in [5.74, 6) is 0. The molecule has 0 saturated heterocycles. The first-order valence-electron chi connectivity index (χ1n) is 7.59. The first-order chi connectivity index (χ1) is 10.6. The predicted molar refractivity (Wildman–Crippen MR) is 86.0 cm³/mol. The Morgan fingerprint density at radius 3 is 2.64 bits per heavy atom. The number of nitrogens with one attached hydrogen (secondary N) is 1. The third kappa shape index (κ3) is 3.28. The van der Waals surface area contributed by atoms with E-state index in [1.165, 1.54) is 9.13 Å². The summed E-state index contributed by atoms with van der Waals surface area (Å²) in [6.45, 7) is 2.78. The van der Waals surface area contributed by atoms with Gasteiger partial charge in [0.15, 0.2) is 11.2 Å². The highest BCUT2D eigenvalue weighted by atomic mass is 16.2. The molecule has 8 heteroatoms. The molecule has 0 spiro atoms. The van der Waals surface area contributed by atoms with Gasteiger partial charge in [-0.25, -0.2) is 9.78 Å². The van der Waals surface area contributed by atoms with Crippen LogP contribution in [0.1, 0.15) is 19.3 Å². The predicted octanol–water partition coefficient (Wildman–Crippen LogP) is -0.848. The monoisotopic (exact) mass is 308 g/mol. The average Bonchev–Trinajstić information content (AvgIpc) is 2.89. The van der Waals surface area contributed by atoms with Crippen molar-refractivity contribution in [3.05, 3.63) is 27.2 Å². The molecule has 22 heavy (non-hydrogen) atoms. The van der Waals surface area contributed by atoms with Crippen LogP contribution in [0.5, 0.6) is 0 Å². The third-order valence-corrected chi connectivity index (χ3v) is 3.74. The highest BCUT2D eigenvalue weighted by Gasteiger charge is 2.14. The molecule has 0 fully saturated rings. The summed E-state index contributed by atoms with van der Waals surface area (Å²) in [4.78, 5) is 28.8. The Kier molecular flexibility index (Phi) is 5.51. The number of nitrogens with two attached hydrogens (primary N) is 1. The second-order valence-corrected chi connectivity index (χ2v) is 5.43. The van der Waals surface area contributed by atoms with Gasteiger partial charge in [0.1, 0.15) is 0 Å². The van der Waals surface area contributed by atoms with Crippen LogP contribution in [0.25, 0.3) is 11.2 Å². The average molecular weight is 308 g/mol. The first kappa shape index (κ1) is 16.4. The molecule has 2 aromatic heterocycles. The molecule has 2 heterocycles. The fourth-order valence-electron chi connectivity index (χ4n) is 2.47. The number of unbranched alkanes of at least 4 members (excludes halogenated alkanes) is 1. The molecule has 0 saturated carbocycles. The summed E-state index contributed by atoms with van der Waals surface area (Å²) < 4.78 is 4.36. The molecule has 0 aromatic carbocycles. The zero-order valence-electron chi connectivity index (χ0n) is 13.2. The van der Waals surface area contributed by atoms with E-state index in [1.54, 1.807) is 25.0 Å². The van der Waals surface area contributed by atoms with Gasteiger partial charge in [-0.3, -0.25) is 13.9 Å². The minimum Gasteiger partial charge on any atom is -0.330 e. The molecule has 0 amide bonds. The Morgan fingerprint density at radius 1 is 1.18 bits per heavy atom. The maximum atomic E-state index is 12.4. The normalized spacial score (nSPS) is 11.4.